The lowest BCUT2D eigenvalue weighted by Crippen LogP contribution is -2.22. The second kappa shape index (κ2) is 6.67. The van der Waals surface area contributed by atoms with Gasteiger partial charge >= 0.3 is 0 Å². The molecule has 0 spiro atoms. The van der Waals surface area contributed by atoms with E-state index >= 15 is 0 Å². The molecular weight excluding hydrogens is 248 g/mol. The standard InChI is InChI=1S/C12H18N4O3/c1-5-6-10(13-8(2)3)12-11(14-19-15-12)7-9(4)16(17)18/h6,8,13H,4-5,7H2,1-3H3/b10-6+. The minimum atomic E-state index is -0.530. The van der Waals surface area contributed by atoms with E-state index in [0.717, 1.165) is 12.1 Å². The Kier molecular flexibility index (Phi) is 5.23. The van der Waals surface area contributed by atoms with Crippen molar-refractivity contribution in [3.63, 3.8) is 0 Å². The van der Waals surface area contributed by atoms with Crippen LogP contribution in [0.5, 0.6) is 0 Å². The number of rotatable bonds is 7. The summed E-state index contributed by atoms with van der Waals surface area (Å²) < 4.78 is 4.69. The Hall–Kier alpha value is -2.18. The molecule has 0 aliphatic heterocycles. The quantitative estimate of drug-likeness (QED) is 0.600. The monoisotopic (exact) mass is 266 g/mol. The fourth-order valence-corrected chi connectivity index (χ4v) is 1.52. The first-order chi connectivity index (χ1) is 8.95. The van der Waals surface area contributed by atoms with Crippen LogP contribution in [0.15, 0.2) is 23.0 Å². The summed E-state index contributed by atoms with van der Waals surface area (Å²) in [6.07, 6.45) is 2.75. The van der Waals surface area contributed by atoms with Crippen LogP contribution in [0.3, 0.4) is 0 Å². The second-order valence-corrected chi connectivity index (χ2v) is 4.38. The maximum Gasteiger partial charge on any atom is 0.245 e. The molecule has 7 heteroatoms. The molecule has 0 atom stereocenters. The third-order valence-corrected chi connectivity index (χ3v) is 2.29. The molecule has 7 nitrogen and oxygen atoms in total. The number of allylic oxidation sites excluding steroid dienone is 2. The Labute approximate surface area is 111 Å². The van der Waals surface area contributed by atoms with Gasteiger partial charge in [0.2, 0.25) is 5.70 Å². The highest BCUT2D eigenvalue weighted by atomic mass is 16.6. The molecule has 0 fully saturated rings. The molecule has 104 valence electrons. The van der Waals surface area contributed by atoms with E-state index in [0.29, 0.717) is 11.4 Å². The summed E-state index contributed by atoms with van der Waals surface area (Å²) in [5, 5.41) is 21.4. The fraction of sp³-hybridized carbons (Fsp3) is 0.500. The molecule has 0 saturated carbocycles. The van der Waals surface area contributed by atoms with Crippen molar-refractivity contribution in [1.82, 2.24) is 15.6 Å². The summed E-state index contributed by atoms with van der Waals surface area (Å²) in [5.74, 6) is 0. The van der Waals surface area contributed by atoms with E-state index in [1.54, 1.807) is 0 Å². The van der Waals surface area contributed by atoms with Gasteiger partial charge in [-0.2, -0.15) is 0 Å². The predicted octanol–water partition coefficient (Wildman–Crippen LogP) is 2.15. The Balaban J connectivity index is 2.99. The molecule has 0 aliphatic carbocycles. The van der Waals surface area contributed by atoms with Gasteiger partial charge in [-0.1, -0.05) is 18.2 Å². The first-order valence-corrected chi connectivity index (χ1v) is 6.06. The van der Waals surface area contributed by atoms with Gasteiger partial charge in [0.05, 0.1) is 17.0 Å². The van der Waals surface area contributed by atoms with E-state index in [1.165, 1.54) is 0 Å². The molecule has 0 bridgehead atoms. The number of aromatic nitrogens is 2. The van der Waals surface area contributed by atoms with Crippen molar-refractivity contribution in [2.75, 3.05) is 0 Å². The summed E-state index contributed by atoms with van der Waals surface area (Å²) in [6, 6.07) is 0.209. The van der Waals surface area contributed by atoms with Crippen molar-refractivity contribution in [2.24, 2.45) is 0 Å². The molecule has 1 heterocycles. The summed E-state index contributed by atoms with van der Waals surface area (Å²) >= 11 is 0. The van der Waals surface area contributed by atoms with Crippen molar-refractivity contribution >= 4 is 5.70 Å². The lowest BCUT2D eigenvalue weighted by atomic mass is 10.1. The van der Waals surface area contributed by atoms with Crippen LogP contribution in [0.25, 0.3) is 5.70 Å². The van der Waals surface area contributed by atoms with Crippen LogP contribution in [0, 0.1) is 10.1 Å². The zero-order valence-corrected chi connectivity index (χ0v) is 11.3. The van der Waals surface area contributed by atoms with Crippen LogP contribution in [-0.4, -0.2) is 21.3 Å². The molecule has 0 saturated heterocycles. The zero-order chi connectivity index (χ0) is 14.4. The van der Waals surface area contributed by atoms with E-state index in [1.807, 2.05) is 26.8 Å². The van der Waals surface area contributed by atoms with Crippen molar-refractivity contribution in [1.29, 1.82) is 0 Å². The maximum atomic E-state index is 10.6. The summed E-state index contributed by atoms with van der Waals surface area (Å²) in [4.78, 5) is 10.1. The number of nitrogens with one attached hydrogen (secondary N) is 1. The number of hydrogen-bond acceptors (Lipinski definition) is 6. The molecule has 0 aliphatic rings. The van der Waals surface area contributed by atoms with Crippen LogP contribution in [0.4, 0.5) is 0 Å². The lowest BCUT2D eigenvalue weighted by Gasteiger charge is -2.12. The average molecular weight is 266 g/mol. The Morgan fingerprint density at radius 2 is 2.26 bits per heavy atom. The van der Waals surface area contributed by atoms with Crippen molar-refractivity contribution in [3.8, 4) is 0 Å². The minimum Gasteiger partial charge on any atom is -0.381 e. The number of nitro groups is 1. The van der Waals surface area contributed by atoms with Gasteiger partial charge in [-0.15, -0.1) is 0 Å². The van der Waals surface area contributed by atoms with E-state index in [-0.39, 0.29) is 18.2 Å². The van der Waals surface area contributed by atoms with Gasteiger partial charge in [0, 0.05) is 6.04 Å². The van der Waals surface area contributed by atoms with Gasteiger partial charge < -0.3 is 5.32 Å². The molecule has 0 aromatic carbocycles. The van der Waals surface area contributed by atoms with E-state index in [4.69, 9.17) is 4.63 Å². The minimum absolute atomic E-state index is 0.00661. The second-order valence-electron chi connectivity index (χ2n) is 4.38. The highest BCUT2D eigenvalue weighted by molar-refractivity contribution is 5.62. The summed E-state index contributed by atoms with van der Waals surface area (Å²) in [6.45, 7) is 9.36. The molecule has 0 unspecified atom stereocenters. The molecule has 1 aromatic heterocycles. The highest BCUT2D eigenvalue weighted by Crippen LogP contribution is 2.17. The molecular formula is C12H18N4O3. The Bertz CT molecular complexity index is 491. The third-order valence-electron chi connectivity index (χ3n) is 2.29. The lowest BCUT2D eigenvalue weighted by molar-refractivity contribution is -0.426. The molecule has 0 amide bonds. The van der Waals surface area contributed by atoms with Gasteiger partial charge in [0.15, 0.2) is 5.69 Å². The van der Waals surface area contributed by atoms with E-state index < -0.39 is 4.92 Å². The van der Waals surface area contributed by atoms with Crippen LogP contribution >= 0.6 is 0 Å². The maximum absolute atomic E-state index is 10.6. The van der Waals surface area contributed by atoms with Crippen LogP contribution in [0.1, 0.15) is 38.6 Å². The largest absolute Gasteiger partial charge is 0.381 e. The summed E-state index contributed by atoms with van der Waals surface area (Å²) in [5.41, 5.74) is 1.54. The van der Waals surface area contributed by atoms with Gasteiger partial charge in [0.1, 0.15) is 5.69 Å². The zero-order valence-electron chi connectivity index (χ0n) is 11.3. The SMILES string of the molecule is C=C(Cc1nonc1/C(=C\CC)NC(C)C)[N+](=O)[O-]. The fourth-order valence-electron chi connectivity index (χ4n) is 1.52. The van der Waals surface area contributed by atoms with Gasteiger partial charge in [-0.3, -0.25) is 10.1 Å². The highest BCUT2D eigenvalue weighted by Gasteiger charge is 2.19. The average Bonchev–Trinajstić information content (AvgIpc) is 2.75. The van der Waals surface area contributed by atoms with E-state index in [9.17, 15) is 10.1 Å². The van der Waals surface area contributed by atoms with Gasteiger partial charge in [0.25, 0.3) is 0 Å². The van der Waals surface area contributed by atoms with Gasteiger partial charge in [-0.25, -0.2) is 4.63 Å². The van der Waals surface area contributed by atoms with Crippen molar-refractivity contribution in [3.05, 3.63) is 39.9 Å². The third kappa shape index (κ3) is 4.20. The van der Waals surface area contributed by atoms with Crippen molar-refractivity contribution < 1.29 is 9.55 Å². The van der Waals surface area contributed by atoms with E-state index in [2.05, 4.69) is 22.2 Å². The predicted molar refractivity (Wildman–Crippen MR) is 70.7 cm³/mol. The number of hydrogen-bond donors (Lipinski definition) is 1. The summed E-state index contributed by atoms with van der Waals surface area (Å²) in [7, 11) is 0. The van der Waals surface area contributed by atoms with Crippen LogP contribution in [-0.2, 0) is 6.42 Å². The molecule has 1 N–H and O–H groups in total. The number of nitrogens with zero attached hydrogens (tertiary/aromatic N) is 3. The smallest absolute Gasteiger partial charge is 0.245 e. The van der Waals surface area contributed by atoms with Gasteiger partial charge in [-0.05, 0) is 32.0 Å². The van der Waals surface area contributed by atoms with Crippen LogP contribution in [0.2, 0.25) is 0 Å². The molecule has 1 aromatic rings. The Morgan fingerprint density at radius 1 is 1.58 bits per heavy atom. The topological polar surface area (TPSA) is 94.1 Å². The normalized spacial score (nSPS) is 11.7. The van der Waals surface area contributed by atoms with Crippen molar-refractivity contribution in [2.45, 2.75) is 39.7 Å². The van der Waals surface area contributed by atoms with Crippen LogP contribution < -0.4 is 5.32 Å². The first-order valence-electron chi connectivity index (χ1n) is 6.06. The Morgan fingerprint density at radius 3 is 2.79 bits per heavy atom. The first kappa shape index (κ1) is 14.9. The molecule has 1 rings (SSSR count). The molecule has 19 heavy (non-hydrogen) atoms. The molecule has 0 radical (unpaired) electrons.